The lowest BCUT2D eigenvalue weighted by Gasteiger charge is -2.18. The van der Waals surface area contributed by atoms with Crippen molar-refractivity contribution in [1.82, 2.24) is 5.32 Å². The minimum absolute atomic E-state index is 0.195. The molecule has 21 heavy (non-hydrogen) atoms. The summed E-state index contributed by atoms with van der Waals surface area (Å²) in [4.78, 5) is 11.4. The van der Waals surface area contributed by atoms with Gasteiger partial charge in [0, 0.05) is 18.0 Å². The standard InChI is InChI=1S/C11H12O3.C6H13N/c1-13-10-5-7-3-4-9(12)8(7)6-11(10)14-2;1-6-4-2-3-5-7-6/h5-6H,3-4H2,1-2H3;6-7H,2-5H2,1H3. The molecule has 0 bridgehead atoms. The molecule has 4 heteroatoms. The van der Waals surface area contributed by atoms with Gasteiger partial charge in [-0.05, 0) is 50.4 Å². The van der Waals surface area contributed by atoms with Gasteiger partial charge in [0.2, 0.25) is 0 Å². The number of hydrogen-bond donors (Lipinski definition) is 1. The van der Waals surface area contributed by atoms with E-state index in [1.165, 1.54) is 25.8 Å². The van der Waals surface area contributed by atoms with Crippen LogP contribution in [0.5, 0.6) is 11.5 Å². The first kappa shape index (κ1) is 15.8. The summed E-state index contributed by atoms with van der Waals surface area (Å²) in [5, 5.41) is 3.38. The third-order valence-corrected chi connectivity index (χ3v) is 4.09. The van der Waals surface area contributed by atoms with Gasteiger partial charge in [0.15, 0.2) is 17.3 Å². The van der Waals surface area contributed by atoms with Gasteiger partial charge < -0.3 is 14.8 Å². The number of fused-ring (bicyclic) bond motifs is 1. The van der Waals surface area contributed by atoms with E-state index < -0.39 is 0 Å². The number of Topliss-reactive ketones (excluding diaryl/α,β-unsaturated/α-hetero) is 1. The third-order valence-electron chi connectivity index (χ3n) is 4.09. The first-order valence-corrected chi connectivity index (χ1v) is 7.67. The van der Waals surface area contributed by atoms with E-state index in [4.69, 9.17) is 9.47 Å². The van der Waals surface area contributed by atoms with Crippen LogP contribution in [-0.2, 0) is 6.42 Å². The van der Waals surface area contributed by atoms with Crippen LogP contribution in [0.4, 0.5) is 0 Å². The van der Waals surface area contributed by atoms with Crippen molar-refractivity contribution < 1.29 is 14.3 Å². The number of methoxy groups -OCH3 is 2. The second-order valence-corrected chi connectivity index (χ2v) is 5.64. The Balaban J connectivity index is 0.000000194. The minimum Gasteiger partial charge on any atom is -0.493 e. The van der Waals surface area contributed by atoms with Gasteiger partial charge in [0.05, 0.1) is 14.2 Å². The van der Waals surface area contributed by atoms with Gasteiger partial charge in [-0.25, -0.2) is 0 Å². The number of benzene rings is 1. The zero-order valence-corrected chi connectivity index (χ0v) is 13.2. The van der Waals surface area contributed by atoms with E-state index in [0.29, 0.717) is 17.9 Å². The van der Waals surface area contributed by atoms with Crippen LogP contribution in [0.2, 0.25) is 0 Å². The lowest BCUT2D eigenvalue weighted by molar-refractivity contribution is 0.0994. The van der Waals surface area contributed by atoms with Gasteiger partial charge >= 0.3 is 0 Å². The van der Waals surface area contributed by atoms with E-state index in [0.717, 1.165) is 23.6 Å². The van der Waals surface area contributed by atoms with Crippen molar-refractivity contribution in [1.29, 1.82) is 0 Å². The van der Waals surface area contributed by atoms with Crippen LogP contribution < -0.4 is 14.8 Å². The molecule has 1 aliphatic carbocycles. The number of carbonyl (C=O) groups excluding carboxylic acids is 1. The van der Waals surface area contributed by atoms with Crippen LogP contribution >= 0.6 is 0 Å². The van der Waals surface area contributed by atoms with Crippen LogP contribution in [0.15, 0.2) is 12.1 Å². The third kappa shape index (κ3) is 3.97. The Morgan fingerprint density at radius 2 is 1.81 bits per heavy atom. The predicted molar refractivity (Wildman–Crippen MR) is 83.5 cm³/mol. The largest absolute Gasteiger partial charge is 0.493 e. The average Bonchev–Trinajstić information content (AvgIpc) is 2.88. The molecule has 1 aromatic carbocycles. The fraction of sp³-hybridized carbons (Fsp3) is 0.588. The summed E-state index contributed by atoms with van der Waals surface area (Å²) in [5.74, 6) is 1.52. The summed E-state index contributed by atoms with van der Waals surface area (Å²) in [6, 6.07) is 4.44. The SMILES string of the molecule is CC1CCCCN1.COc1cc2c(cc1OC)C(=O)CC2. The Morgan fingerprint density at radius 3 is 2.33 bits per heavy atom. The Morgan fingerprint density at radius 1 is 1.10 bits per heavy atom. The van der Waals surface area contributed by atoms with Crippen molar-refractivity contribution in [3.05, 3.63) is 23.3 Å². The van der Waals surface area contributed by atoms with E-state index in [1.54, 1.807) is 20.3 Å². The molecule has 1 fully saturated rings. The van der Waals surface area contributed by atoms with Gasteiger partial charge in [-0.3, -0.25) is 4.79 Å². The van der Waals surface area contributed by atoms with Crippen molar-refractivity contribution in [2.24, 2.45) is 0 Å². The molecule has 1 atom stereocenters. The number of nitrogens with one attached hydrogen (secondary N) is 1. The van der Waals surface area contributed by atoms with E-state index in [1.807, 2.05) is 6.07 Å². The van der Waals surface area contributed by atoms with E-state index in [2.05, 4.69) is 12.2 Å². The second kappa shape index (κ2) is 7.46. The first-order chi connectivity index (χ1) is 10.2. The summed E-state index contributed by atoms with van der Waals surface area (Å²) >= 11 is 0. The number of ether oxygens (including phenoxy) is 2. The Labute approximate surface area is 126 Å². The number of hydrogen-bond acceptors (Lipinski definition) is 4. The molecular formula is C17H25NO3. The molecule has 0 aromatic heterocycles. The maximum atomic E-state index is 11.4. The maximum absolute atomic E-state index is 11.4. The quantitative estimate of drug-likeness (QED) is 0.910. The van der Waals surface area contributed by atoms with Crippen molar-refractivity contribution in [3.8, 4) is 11.5 Å². The number of aryl methyl sites for hydroxylation is 1. The summed E-state index contributed by atoms with van der Waals surface area (Å²) in [6.45, 7) is 3.49. The van der Waals surface area contributed by atoms with Gasteiger partial charge in [-0.1, -0.05) is 6.42 Å². The Kier molecular flexibility index (Phi) is 5.62. The molecule has 1 aromatic rings. The molecule has 3 rings (SSSR count). The topological polar surface area (TPSA) is 47.6 Å². The zero-order chi connectivity index (χ0) is 15.2. The second-order valence-electron chi connectivity index (χ2n) is 5.64. The molecule has 2 aliphatic rings. The molecule has 1 unspecified atom stereocenters. The molecule has 116 valence electrons. The summed E-state index contributed by atoms with van der Waals surface area (Å²) in [6.07, 6.45) is 5.60. The highest BCUT2D eigenvalue weighted by atomic mass is 16.5. The zero-order valence-electron chi connectivity index (χ0n) is 13.2. The van der Waals surface area contributed by atoms with Crippen molar-refractivity contribution in [2.45, 2.75) is 45.1 Å². The van der Waals surface area contributed by atoms with E-state index in [9.17, 15) is 4.79 Å². The highest BCUT2D eigenvalue weighted by Gasteiger charge is 2.22. The fourth-order valence-electron chi connectivity index (χ4n) is 2.80. The molecule has 1 saturated heterocycles. The molecule has 0 amide bonds. The first-order valence-electron chi connectivity index (χ1n) is 7.67. The molecule has 1 heterocycles. The van der Waals surface area contributed by atoms with Crippen molar-refractivity contribution >= 4 is 5.78 Å². The molecule has 1 N–H and O–H groups in total. The average molecular weight is 291 g/mol. The van der Waals surface area contributed by atoms with Crippen LogP contribution in [-0.4, -0.2) is 32.6 Å². The molecule has 1 aliphatic heterocycles. The Hall–Kier alpha value is -1.55. The van der Waals surface area contributed by atoms with Crippen LogP contribution in [0.25, 0.3) is 0 Å². The van der Waals surface area contributed by atoms with Gasteiger partial charge in [-0.2, -0.15) is 0 Å². The summed E-state index contributed by atoms with van der Waals surface area (Å²) in [5.41, 5.74) is 1.84. The highest BCUT2D eigenvalue weighted by Crippen LogP contribution is 2.34. The number of piperidine rings is 1. The number of carbonyl (C=O) groups is 1. The molecule has 4 nitrogen and oxygen atoms in total. The lowest BCUT2D eigenvalue weighted by atomic mass is 10.1. The normalized spacial score (nSPS) is 20.3. The maximum Gasteiger partial charge on any atom is 0.163 e. The van der Waals surface area contributed by atoms with E-state index >= 15 is 0 Å². The smallest absolute Gasteiger partial charge is 0.163 e. The van der Waals surface area contributed by atoms with Crippen LogP contribution in [0, 0.1) is 0 Å². The molecule has 0 spiro atoms. The molecule has 0 saturated carbocycles. The summed E-state index contributed by atoms with van der Waals surface area (Å²) in [7, 11) is 3.17. The lowest BCUT2D eigenvalue weighted by Crippen LogP contribution is -2.30. The monoisotopic (exact) mass is 291 g/mol. The van der Waals surface area contributed by atoms with Gasteiger partial charge in [0.1, 0.15) is 0 Å². The summed E-state index contributed by atoms with van der Waals surface area (Å²) < 4.78 is 10.3. The van der Waals surface area contributed by atoms with Gasteiger partial charge in [0.25, 0.3) is 0 Å². The molecule has 0 radical (unpaired) electrons. The highest BCUT2D eigenvalue weighted by molar-refractivity contribution is 6.01. The Bertz CT molecular complexity index is 493. The van der Waals surface area contributed by atoms with Crippen molar-refractivity contribution in [3.63, 3.8) is 0 Å². The number of ketones is 1. The fourth-order valence-corrected chi connectivity index (χ4v) is 2.80. The van der Waals surface area contributed by atoms with Gasteiger partial charge in [-0.15, -0.1) is 0 Å². The van der Waals surface area contributed by atoms with Crippen molar-refractivity contribution in [2.75, 3.05) is 20.8 Å². The number of rotatable bonds is 2. The van der Waals surface area contributed by atoms with Crippen LogP contribution in [0.3, 0.4) is 0 Å². The van der Waals surface area contributed by atoms with E-state index in [-0.39, 0.29) is 5.78 Å². The molecular weight excluding hydrogens is 266 g/mol. The minimum atomic E-state index is 0.195. The van der Waals surface area contributed by atoms with Crippen LogP contribution in [0.1, 0.15) is 48.5 Å². The predicted octanol–water partition coefficient (Wildman–Crippen LogP) is 2.98.